The van der Waals surface area contributed by atoms with Gasteiger partial charge in [-0.15, -0.1) is 0 Å². The van der Waals surface area contributed by atoms with Gasteiger partial charge in [-0.05, 0) is 38.8 Å². The number of rotatable bonds is 7. The smallest absolute Gasteiger partial charge is 0.260 e. The van der Waals surface area contributed by atoms with Crippen LogP contribution in [0.3, 0.4) is 0 Å². The molecule has 3 aromatic heterocycles. The zero-order chi connectivity index (χ0) is 23.5. The summed E-state index contributed by atoms with van der Waals surface area (Å²) in [6, 6.07) is 7.24. The van der Waals surface area contributed by atoms with Crippen LogP contribution < -0.4 is 11.3 Å². The third-order valence-electron chi connectivity index (χ3n) is 5.31. The van der Waals surface area contributed by atoms with E-state index in [2.05, 4.69) is 19.9 Å². The fraction of sp³-hybridized carbons (Fsp3) is 0.250. The monoisotopic (exact) mass is 462 g/mol. The molecule has 0 aliphatic carbocycles. The second kappa shape index (κ2) is 9.46. The molecule has 4 rings (SSSR count). The SMILES string of the molecule is Cc1cncc(-c2ccc(-c3cc4cnc(C)nc4n(CCCCC(N)=O)c3=O)c(Cl)c2)n1. The van der Waals surface area contributed by atoms with Crippen molar-refractivity contribution in [1.29, 1.82) is 0 Å². The minimum Gasteiger partial charge on any atom is -0.370 e. The largest absolute Gasteiger partial charge is 0.370 e. The summed E-state index contributed by atoms with van der Waals surface area (Å²) in [4.78, 5) is 42.0. The molecule has 0 saturated heterocycles. The second-order valence-corrected chi connectivity index (χ2v) is 8.28. The number of amides is 1. The number of aromatic nitrogens is 5. The fourth-order valence-corrected chi connectivity index (χ4v) is 3.99. The van der Waals surface area contributed by atoms with Gasteiger partial charge in [0.05, 0.1) is 17.6 Å². The van der Waals surface area contributed by atoms with Crippen LogP contribution in [0.5, 0.6) is 0 Å². The molecule has 0 radical (unpaired) electrons. The average molecular weight is 463 g/mol. The lowest BCUT2D eigenvalue weighted by molar-refractivity contribution is -0.118. The van der Waals surface area contributed by atoms with Crippen LogP contribution in [0.4, 0.5) is 0 Å². The number of unbranched alkanes of at least 4 members (excludes halogenated alkanes) is 1. The molecule has 0 aliphatic rings. The minimum atomic E-state index is -0.357. The number of carbonyl (C=O) groups excluding carboxylic acids is 1. The Morgan fingerprint density at radius 2 is 1.88 bits per heavy atom. The third kappa shape index (κ3) is 4.90. The standard InChI is InChI=1S/C24H23ClN6O2/c1-14-11-27-13-21(29-14)16-6-7-18(20(25)10-16)19-9-17-12-28-15(2)30-23(17)31(24(19)33)8-4-3-5-22(26)32/h6-7,9-13H,3-5,8H2,1-2H3,(H2,26,32). The van der Waals surface area contributed by atoms with Crippen LogP contribution in [0.2, 0.25) is 5.02 Å². The maximum absolute atomic E-state index is 13.5. The summed E-state index contributed by atoms with van der Waals surface area (Å²) < 4.78 is 1.62. The average Bonchev–Trinajstić information content (AvgIpc) is 2.78. The summed E-state index contributed by atoms with van der Waals surface area (Å²) in [7, 11) is 0. The highest BCUT2D eigenvalue weighted by Crippen LogP contribution is 2.31. The highest BCUT2D eigenvalue weighted by molar-refractivity contribution is 6.33. The Morgan fingerprint density at radius 3 is 2.61 bits per heavy atom. The van der Waals surface area contributed by atoms with Gasteiger partial charge in [-0.25, -0.2) is 15.0 Å². The predicted octanol–water partition coefficient (Wildman–Crippen LogP) is 3.84. The number of fused-ring (bicyclic) bond motifs is 1. The number of hydrogen-bond donors (Lipinski definition) is 1. The van der Waals surface area contributed by atoms with Crippen LogP contribution in [-0.2, 0) is 11.3 Å². The van der Waals surface area contributed by atoms with Crippen LogP contribution >= 0.6 is 11.6 Å². The Morgan fingerprint density at radius 1 is 1.06 bits per heavy atom. The molecule has 8 nitrogen and oxygen atoms in total. The molecule has 1 aromatic carbocycles. The van der Waals surface area contributed by atoms with Crippen molar-refractivity contribution in [3.05, 3.63) is 69.8 Å². The van der Waals surface area contributed by atoms with Gasteiger partial charge in [0.2, 0.25) is 5.91 Å². The van der Waals surface area contributed by atoms with E-state index in [1.54, 1.807) is 42.2 Å². The van der Waals surface area contributed by atoms with Gasteiger partial charge < -0.3 is 5.73 Å². The van der Waals surface area contributed by atoms with E-state index >= 15 is 0 Å². The molecule has 33 heavy (non-hydrogen) atoms. The molecule has 0 atom stereocenters. The van der Waals surface area contributed by atoms with Gasteiger partial charge in [0, 0.05) is 52.5 Å². The normalized spacial score (nSPS) is 11.1. The number of hydrogen-bond acceptors (Lipinski definition) is 6. The number of halogens is 1. The van der Waals surface area contributed by atoms with Gasteiger partial charge >= 0.3 is 0 Å². The van der Waals surface area contributed by atoms with Crippen molar-refractivity contribution < 1.29 is 4.79 Å². The molecule has 4 aromatic rings. The van der Waals surface area contributed by atoms with Gasteiger partial charge in [0.25, 0.3) is 5.56 Å². The van der Waals surface area contributed by atoms with Crippen molar-refractivity contribution in [2.24, 2.45) is 5.73 Å². The number of benzene rings is 1. The number of nitrogens with two attached hydrogens (primary N) is 1. The van der Waals surface area contributed by atoms with Crippen LogP contribution in [0.25, 0.3) is 33.4 Å². The molecular weight excluding hydrogens is 440 g/mol. The van der Waals surface area contributed by atoms with Crippen LogP contribution in [0.15, 0.2) is 47.7 Å². The molecule has 0 spiro atoms. The van der Waals surface area contributed by atoms with Crippen molar-refractivity contribution in [3.63, 3.8) is 0 Å². The molecule has 1 amide bonds. The molecule has 168 valence electrons. The van der Waals surface area contributed by atoms with Gasteiger partial charge in [-0.3, -0.25) is 19.1 Å². The first-order valence-electron chi connectivity index (χ1n) is 10.6. The predicted molar refractivity (Wildman–Crippen MR) is 128 cm³/mol. The van der Waals surface area contributed by atoms with E-state index < -0.39 is 0 Å². The molecule has 2 N–H and O–H groups in total. The zero-order valence-corrected chi connectivity index (χ0v) is 19.1. The Bertz CT molecular complexity index is 1420. The molecule has 0 unspecified atom stereocenters. The lowest BCUT2D eigenvalue weighted by Gasteiger charge is -2.14. The van der Waals surface area contributed by atoms with Crippen molar-refractivity contribution in [2.75, 3.05) is 0 Å². The highest BCUT2D eigenvalue weighted by Gasteiger charge is 2.16. The Balaban J connectivity index is 1.79. The summed E-state index contributed by atoms with van der Waals surface area (Å²) in [5.41, 5.74) is 8.98. The van der Waals surface area contributed by atoms with E-state index in [0.717, 1.165) is 16.6 Å². The Hall–Kier alpha value is -3.65. The lowest BCUT2D eigenvalue weighted by Crippen LogP contribution is -2.23. The van der Waals surface area contributed by atoms with E-state index in [1.807, 2.05) is 19.1 Å². The molecule has 9 heteroatoms. The van der Waals surface area contributed by atoms with Crippen molar-refractivity contribution in [3.8, 4) is 22.4 Å². The lowest BCUT2D eigenvalue weighted by atomic mass is 10.0. The quantitative estimate of drug-likeness (QED) is 0.417. The van der Waals surface area contributed by atoms with Gasteiger partial charge in [0.1, 0.15) is 11.5 Å². The maximum Gasteiger partial charge on any atom is 0.260 e. The van der Waals surface area contributed by atoms with E-state index in [4.69, 9.17) is 17.3 Å². The number of pyridine rings is 1. The van der Waals surface area contributed by atoms with Gasteiger partial charge in [0.15, 0.2) is 0 Å². The van der Waals surface area contributed by atoms with Crippen molar-refractivity contribution in [2.45, 2.75) is 39.7 Å². The fourth-order valence-electron chi connectivity index (χ4n) is 3.71. The Labute approximate surface area is 195 Å². The molecule has 0 bridgehead atoms. The molecule has 0 aliphatic heterocycles. The van der Waals surface area contributed by atoms with E-state index in [-0.39, 0.29) is 17.9 Å². The first kappa shape index (κ1) is 22.5. The summed E-state index contributed by atoms with van der Waals surface area (Å²) >= 11 is 6.64. The number of primary amides is 1. The van der Waals surface area contributed by atoms with E-state index in [9.17, 15) is 9.59 Å². The Kier molecular flexibility index (Phi) is 6.46. The molecule has 0 saturated carbocycles. The minimum absolute atomic E-state index is 0.204. The number of carbonyl (C=O) groups is 1. The van der Waals surface area contributed by atoms with Crippen molar-refractivity contribution >= 4 is 28.5 Å². The van der Waals surface area contributed by atoms with E-state index in [1.165, 1.54) is 0 Å². The van der Waals surface area contributed by atoms with Gasteiger partial charge in [-0.2, -0.15) is 0 Å². The topological polar surface area (TPSA) is 117 Å². The second-order valence-electron chi connectivity index (χ2n) is 7.87. The number of aryl methyl sites for hydroxylation is 3. The summed E-state index contributed by atoms with van der Waals surface area (Å²) in [5, 5.41) is 1.16. The zero-order valence-electron chi connectivity index (χ0n) is 18.4. The van der Waals surface area contributed by atoms with Crippen LogP contribution in [0.1, 0.15) is 30.8 Å². The van der Waals surface area contributed by atoms with Gasteiger partial charge in [-0.1, -0.05) is 23.7 Å². The molecular formula is C24H23ClN6O2. The van der Waals surface area contributed by atoms with E-state index in [0.29, 0.717) is 52.7 Å². The summed E-state index contributed by atoms with van der Waals surface area (Å²) in [6.07, 6.45) is 6.53. The van der Waals surface area contributed by atoms with Crippen LogP contribution in [0, 0.1) is 13.8 Å². The maximum atomic E-state index is 13.5. The highest BCUT2D eigenvalue weighted by atomic mass is 35.5. The third-order valence-corrected chi connectivity index (χ3v) is 5.63. The summed E-state index contributed by atoms with van der Waals surface area (Å²) in [6.45, 7) is 4.05. The first-order valence-corrected chi connectivity index (χ1v) is 11.0. The van der Waals surface area contributed by atoms with Crippen molar-refractivity contribution in [1.82, 2.24) is 24.5 Å². The van der Waals surface area contributed by atoms with Crippen LogP contribution in [-0.4, -0.2) is 30.4 Å². The molecule has 0 fully saturated rings. The summed E-state index contributed by atoms with van der Waals surface area (Å²) in [5.74, 6) is 0.214. The molecule has 3 heterocycles. The number of nitrogens with zero attached hydrogens (tertiary/aromatic N) is 5. The first-order chi connectivity index (χ1) is 15.8.